The van der Waals surface area contributed by atoms with Gasteiger partial charge in [0.1, 0.15) is 0 Å². The molecule has 14 heavy (non-hydrogen) atoms. The maximum absolute atomic E-state index is 11.7. The van der Waals surface area contributed by atoms with E-state index < -0.39 is 0 Å². The number of nitrogens with one attached hydrogen (secondary N) is 1. The van der Waals surface area contributed by atoms with Gasteiger partial charge in [0.05, 0.1) is 0 Å². The molecular formula is C11H22N2O. The molecule has 1 aliphatic heterocycles. The third-order valence-electron chi connectivity index (χ3n) is 2.61. The van der Waals surface area contributed by atoms with E-state index in [2.05, 4.69) is 26.1 Å². The highest BCUT2D eigenvalue weighted by Gasteiger charge is 2.20. The summed E-state index contributed by atoms with van der Waals surface area (Å²) in [6, 6.07) is 0.116. The maximum atomic E-state index is 11.7. The molecule has 1 rings (SSSR count). The number of carbonyl (C=O) groups excluding carboxylic acids is 1. The lowest BCUT2D eigenvalue weighted by Gasteiger charge is -2.31. The van der Waals surface area contributed by atoms with E-state index in [9.17, 15) is 4.79 Å². The Morgan fingerprint density at radius 3 is 2.86 bits per heavy atom. The van der Waals surface area contributed by atoms with Crippen molar-refractivity contribution in [1.82, 2.24) is 10.2 Å². The van der Waals surface area contributed by atoms with Crippen LogP contribution in [0.1, 0.15) is 33.6 Å². The van der Waals surface area contributed by atoms with E-state index in [1.165, 1.54) is 6.42 Å². The highest BCUT2D eigenvalue weighted by molar-refractivity contribution is 5.74. The zero-order valence-electron chi connectivity index (χ0n) is 9.55. The number of likely N-dealkylation sites (tertiary alicyclic amines) is 1. The zero-order chi connectivity index (χ0) is 10.6. The second kappa shape index (κ2) is 5.23. The minimum Gasteiger partial charge on any atom is -0.338 e. The highest BCUT2D eigenvalue weighted by atomic mass is 16.2. The highest BCUT2D eigenvalue weighted by Crippen LogP contribution is 2.15. The van der Waals surface area contributed by atoms with Gasteiger partial charge in [-0.15, -0.1) is 0 Å². The van der Waals surface area contributed by atoms with Crippen LogP contribution in [0.25, 0.3) is 0 Å². The maximum Gasteiger partial charge on any atom is 0.317 e. The fraction of sp³-hybridized carbons (Fsp3) is 0.909. The van der Waals surface area contributed by atoms with E-state index in [1.54, 1.807) is 0 Å². The van der Waals surface area contributed by atoms with Gasteiger partial charge in [0.2, 0.25) is 0 Å². The molecule has 1 N–H and O–H groups in total. The second-order valence-electron chi connectivity index (χ2n) is 4.77. The van der Waals surface area contributed by atoms with Gasteiger partial charge in [-0.05, 0) is 24.7 Å². The summed E-state index contributed by atoms with van der Waals surface area (Å²) in [6.07, 6.45) is 2.41. The molecule has 0 aromatic carbocycles. The summed E-state index contributed by atoms with van der Waals surface area (Å²) in [5.41, 5.74) is 0. The molecule has 0 aliphatic carbocycles. The monoisotopic (exact) mass is 198 g/mol. The number of nitrogens with zero attached hydrogens (tertiary/aromatic N) is 1. The molecule has 1 unspecified atom stereocenters. The molecule has 82 valence electrons. The summed E-state index contributed by atoms with van der Waals surface area (Å²) >= 11 is 0. The third-order valence-corrected chi connectivity index (χ3v) is 2.61. The van der Waals surface area contributed by atoms with Crippen LogP contribution >= 0.6 is 0 Å². The van der Waals surface area contributed by atoms with E-state index in [4.69, 9.17) is 0 Å². The minimum atomic E-state index is 0.116. The Bertz CT molecular complexity index is 192. The number of urea groups is 1. The topological polar surface area (TPSA) is 32.3 Å². The molecule has 0 saturated carbocycles. The van der Waals surface area contributed by atoms with Gasteiger partial charge in [-0.1, -0.05) is 20.8 Å². The molecule has 1 aliphatic rings. The number of amides is 2. The molecular weight excluding hydrogens is 176 g/mol. The molecule has 0 aromatic heterocycles. The first-order chi connectivity index (χ1) is 6.59. The minimum absolute atomic E-state index is 0.116. The fourth-order valence-electron chi connectivity index (χ4n) is 1.78. The molecule has 1 atom stereocenters. The van der Waals surface area contributed by atoms with Crippen molar-refractivity contribution in [2.24, 2.45) is 11.8 Å². The Hall–Kier alpha value is -0.730. The molecule has 0 spiro atoms. The zero-order valence-corrected chi connectivity index (χ0v) is 9.55. The first-order valence-electron chi connectivity index (χ1n) is 5.62. The van der Waals surface area contributed by atoms with Crippen LogP contribution in [0.15, 0.2) is 0 Å². The number of rotatable bonds is 2. The number of carbonyl (C=O) groups is 1. The van der Waals surface area contributed by atoms with Crippen molar-refractivity contribution >= 4 is 6.03 Å². The van der Waals surface area contributed by atoms with Crippen molar-refractivity contribution in [2.45, 2.75) is 33.6 Å². The Morgan fingerprint density at radius 1 is 1.57 bits per heavy atom. The molecule has 3 heteroatoms. The van der Waals surface area contributed by atoms with Crippen LogP contribution in [-0.2, 0) is 0 Å². The molecule has 3 nitrogen and oxygen atoms in total. The van der Waals surface area contributed by atoms with Crippen molar-refractivity contribution in [1.29, 1.82) is 0 Å². The first kappa shape index (κ1) is 11.3. The smallest absolute Gasteiger partial charge is 0.317 e. The van der Waals surface area contributed by atoms with Gasteiger partial charge >= 0.3 is 6.03 Å². The van der Waals surface area contributed by atoms with Crippen molar-refractivity contribution < 1.29 is 4.79 Å². The molecule has 2 amide bonds. The Balaban J connectivity index is 2.29. The Morgan fingerprint density at radius 2 is 2.29 bits per heavy atom. The Labute approximate surface area is 86.9 Å². The van der Waals surface area contributed by atoms with E-state index in [0.717, 1.165) is 26.1 Å². The first-order valence-corrected chi connectivity index (χ1v) is 5.62. The van der Waals surface area contributed by atoms with E-state index in [0.29, 0.717) is 11.8 Å². The van der Waals surface area contributed by atoms with Crippen LogP contribution in [0.2, 0.25) is 0 Å². The van der Waals surface area contributed by atoms with Gasteiger partial charge in [0, 0.05) is 19.6 Å². The average Bonchev–Trinajstić information content (AvgIpc) is 2.14. The van der Waals surface area contributed by atoms with Gasteiger partial charge in [0.25, 0.3) is 0 Å². The molecule has 1 fully saturated rings. The van der Waals surface area contributed by atoms with Gasteiger partial charge < -0.3 is 10.2 Å². The summed E-state index contributed by atoms with van der Waals surface area (Å²) in [6.45, 7) is 9.06. The number of hydrogen-bond donors (Lipinski definition) is 1. The van der Waals surface area contributed by atoms with Crippen LogP contribution in [0, 0.1) is 11.8 Å². The van der Waals surface area contributed by atoms with Crippen LogP contribution in [0.4, 0.5) is 4.79 Å². The number of piperidine rings is 1. The fourth-order valence-corrected chi connectivity index (χ4v) is 1.78. The molecule has 1 saturated heterocycles. The largest absolute Gasteiger partial charge is 0.338 e. The standard InChI is InChI=1S/C11H22N2O/c1-9(2)7-12-11(14)13-6-4-5-10(3)8-13/h9-10H,4-8H2,1-3H3,(H,12,14). The number of hydrogen-bond acceptors (Lipinski definition) is 1. The summed E-state index contributed by atoms with van der Waals surface area (Å²) in [5, 5.41) is 2.96. The van der Waals surface area contributed by atoms with Crippen molar-refractivity contribution in [2.75, 3.05) is 19.6 Å². The van der Waals surface area contributed by atoms with Crippen LogP contribution in [0.3, 0.4) is 0 Å². The summed E-state index contributed by atoms with van der Waals surface area (Å²) < 4.78 is 0. The predicted molar refractivity (Wildman–Crippen MR) is 58.2 cm³/mol. The van der Waals surface area contributed by atoms with E-state index >= 15 is 0 Å². The van der Waals surface area contributed by atoms with Crippen molar-refractivity contribution in [3.8, 4) is 0 Å². The lowest BCUT2D eigenvalue weighted by atomic mass is 10.0. The van der Waals surface area contributed by atoms with E-state index in [1.807, 2.05) is 4.90 Å². The molecule has 0 radical (unpaired) electrons. The summed E-state index contributed by atoms with van der Waals surface area (Å²) in [4.78, 5) is 13.6. The van der Waals surface area contributed by atoms with Crippen molar-refractivity contribution in [3.63, 3.8) is 0 Å². The third kappa shape index (κ3) is 3.56. The summed E-state index contributed by atoms with van der Waals surface area (Å²) in [5.74, 6) is 1.19. The predicted octanol–water partition coefficient (Wildman–Crippen LogP) is 2.08. The SMILES string of the molecule is CC(C)CNC(=O)N1CCCC(C)C1. The van der Waals surface area contributed by atoms with Crippen molar-refractivity contribution in [3.05, 3.63) is 0 Å². The van der Waals surface area contributed by atoms with Crippen LogP contribution in [0.5, 0.6) is 0 Å². The summed E-state index contributed by atoms with van der Waals surface area (Å²) in [7, 11) is 0. The normalized spacial score (nSPS) is 22.6. The second-order valence-corrected chi connectivity index (χ2v) is 4.77. The Kier molecular flexibility index (Phi) is 4.23. The molecule has 0 bridgehead atoms. The quantitative estimate of drug-likeness (QED) is 0.724. The lowest BCUT2D eigenvalue weighted by Crippen LogP contribution is -2.45. The van der Waals surface area contributed by atoms with Crippen LogP contribution in [-0.4, -0.2) is 30.6 Å². The van der Waals surface area contributed by atoms with E-state index in [-0.39, 0.29) is 6.03 Å². The lowest BCUT2D eigenvalue weighted by molar-refractivity contribution is 0.169. The molecule has 1 heterocycles. The average molecular weight is 198 g/mol. The van der Waals surface area contributed by atoms with Gasteiger partial charge in [0.15, 0.2) is 0 Å². The van der Waals surface area contributed by atoms with Gasteiger partial charge in [-0.3, -0.25) is 0 Å². The molecule has 0 aromatic rings. The van der Waals surface area contributed by atoms with Gasteiger partial charge in [-0.2, -0.15) is 0 Å². The van der Waals surface area contributed by atoms with Crippen LogP contribution < -0.4 is 5.32 Å². The van der Waals surface area contributed by atoms with Gasteiger partial charge in [-0.25, -0.2) is 4.79 Å².